The van der Waals surface area contributed by atoms with Crippen LogP contribution in [0.15, 0.2) is 30.3 Å². The Balaban J connectivity index is 2.36. The van der Waals surface area contributed by atoms with Crippen molar-refractivity contribution >= 4 is 12.0 Å². The van der Waals surface area contributed by atoms with Crippen LogP contribution in [-0.4, -0.2) is 19.1 Å². The number of rotatable bonds is 8. The fourth-order valence-corrected chi connectivity index (χ4v) is 2.08. The van der Waals surface area contributed by atoms with Crippen molar-refractivity contribution in [1.82, 2.24) is 5.32 Å². The molecule has 3 nitrogen and oxygen atoms in total. The number of carbonyl (C=O) groups is 1. The SMILES string of the molecule is COc1ccc(C=CC(=O)NC(C)CCCC(C)C)cc1. The van der Waals surface area contributed by atoms with Crippen LogP contribution in [0.3, 0.4) is 0 Å². The van der Waals surface area contributed by atoms with Crippen molar-refractivity contribution in [1.29, 1.82) is 0 Å². The summed E-state index contributed by atoms with van der Waals surface area (Å²) in [7, 11) is 1.64. The summed E-state index contributed by atoms with van der Waals surface area (Å²) in [5.41, 5.74) is 0.985. The van der Waals surface area contributed by atoms with Gasteiger partial charge in [0.05, 0.1) is 7.11 Å². The second-order valence-electron chi connectivity index (χ2n) is 5.84. The van der Waals surface area contributed by atoms with Crippen LogP contribution in [-0.2, 0) is 4.79 Å². The molecule has 1 unspecified atom stereocenters. The molecule has 0 bridgehead atoms. The maximum atomic E-state index is 11.8. The van der Waals surface area contributed by atoms with Crippen LogP contribution in [0.4, 0.5) is 0 Å². The van der Waals surface area contributed by atoms with E-state index in [9.17, 15) is 4.79 Å². The molecule has 0 radical (unpaired) electrons. The van der Waals surface area contributed by atoms with Gasteiger partial charge in [-0.1, -0.05) is 38.8 Å². The molecule has 0 fully saturated rings. The number of ether oxygens (including phenoxy) is 1. The minimum absolute atomic E-state index is 0.0390. The molecule has 0 spiro atoms. The van der Waals surface area contributed by atoms with E-state index in [-0.39, 0.29) is 11.9 Å². The fraction of sp³-hybridized carbons (Fsp3) is 0.500. The zero-order valence-corrected chi connectivity index (χ0v) is 13.6. The molecule has 1 rings (SSSR count). The molecule has 0 saturated heterocycles. The molecule has 1 aromatic carbocycles. The summed E-state index contributed by atoms with van der Waals surface area (Å²) in [6.45, 7) is 6.50. The molecule has 0 heterocycles. The van der Waals surface area contributed by atoms with E-state index < -0.39 is 0 Å². The summed E-state index contributed by atoms with van der Waals surface area (Å²) in [6, 6.07) is 7.83. The highest BCUT2D eigenvalue weighted by atomic mass is 16.5. The zero-order chi connectivity index (χ0) is 15.7. The van der Waals surface area contributed by atoms with Gasteiger partial charge in [0.15, 0.2) is 0 Å². The lowest BCUT2D eigenvalue weighted by atomic mass is 10.0. The van der Waals surface area contributed by atoms with E-state index >= 15 is 0 Å². The van der Waals surface area contributed by atoms with Crippen molar-refractivity contribution < 1.29 is 9.53 Å². The minimum Gasteiger partial charge on any atom is -0.497 e. The monoisotopic (exact) mass is 289 g/mol. The third kappa shape index (κ3) is 7.54. The molecule has 1 amide bonds. The molecule has 1 atom stereocenters. The fourth-order valence-electron chi connectivity index (χ4n) is 2.08. The van der Waals surface area contributed by atoms with Gasteiger partial charge in [0.2, 0.25) is 5.91 Å². The van der Waals surface area contributed by atoms with Gasteiger partial charge in [-0.3, -0.25) is 4.79 Å². The summed E-state index contributed by atoms with van der Waals surface area (Å²) in [4.78, 5) is 11.8. The Hall–Kier alpha value is -1.77. The van der Waals surface area contributed by atoms with Gasteiger partial charge in [-0.2, -0.15) is 0 Å². The molecular weight excluding hydrogens is 262 g/mol. The first kappa shape index (κ1) is 17.3. The van der Waals surface area contributed by atoms with Crippen molar-refractivity contribution in [3.8, 4) is 5.75 Å². The minimum atomic E-state index is -0.0390. The van der Waals surface area contributed by atoms with Gasteiger partial charge in [0.1, 0.15) is 5.75 Å². The summed E-state index contributed by atoms with van der Waals surface area (Å²) >= 11 is 0. The van der Waals surface area contributed by atoms with Crippen LogP contribution in [0.25, 0.3) is 6.08 Å². The van der Waals surface area contributed by atoms with Gasteiger partial charge in [0.25, 0.3) is 0 Å². The lowest BCUT2D eigenvalue weighted by molar-refractivity contribution is -0.117. The van der Waals surface area contributed by atoms with E-state index in [0.29, 0.717) is 0 Å². The maximum Gasteiger partial charge on any atom is 0.244 e. The van der Waals surface area contributed by atoms with Crippen LogP contribution < -0.4 is 10.1 Å². The first-order valence-corrected chi connectivity index (χ1v) is 7.64. The highest BCUT2D eigenvalue weighted by molar-refractivity contribution is 5.91. The van der Waals surface area contributed by atoms with Gasteiger partial charge in [-0.15, -0.1) is 0 Å². The topological polar surface area (TPSA) is 38.3 Å². The lowest BCUT2D eigenvalue weighted by Gasteiger charge is -2.13. The molecule has 0 aliphatic rings. The number of amides is 1. The van der Waals surface area contributed by atoms with Gasteiger partial charge in [-0.25, -0.2) is 0 Å². The number of hydrogen-bond acceptors (Lipinski definition) is 2. The van der Waals surface area contributed by atoms with E-state index in [1.165, 1.54) is 6.42 Å². The van der Waals surface area contributed by atoms with Gasteiger partial charge in [-0.05, 0) is 43.0 Å². The Morgan fingerprint density at radius 2 is 1.86 bits per heavy atom. The highest BCUT2D eigenvalue weighted by Crippen LogP contribution is 2.12. The highest BCUT2D eigenvalue weighted by Gasteiger charge is 2.05. The Kier molecular flexibility index (Phi) is 7.59. The smallest absolute Gasteiger partial charge is 0.244 e. The number of methoxy groups -OCH3 is 1. The van der Waals surface area contributed by atoms with Crippen LogP contribution in [0.1, 0.15) is 45.6 Å². The lowest BCUT2D eigenvalue weighted by Crippen LogP contribution is -2.31. The number of hydrogen-bond donors (Lipinski definition) is 1. The van der Waals surface area contributed by atoms with Gasteiger partial charge < -0.3 is 10.1 Å². The van der Waals surface area contributed by atoms with E-state index in [1.807, 2.05) is 30.3 Å². The first-order valence-electron chi connectivity index (χ1n) is 7.64. The molecule has 3 heteroatoms. The molecule has 116 valence electrons. The first-order chi connectivity index (χ1) is 10.0. The maximum absolute atomic E-state index is 11.8. The Bertz CT molecular complexity index is 449. The average molecular weight is 289 g/mol. The summed E-state index contributed by atoms with van der Waals surface area (Å²) in [5, 5.41) is 3.00. The summed E-state index contributed by atoms with van der Waals surface area (Å²) < 4.78 is 5.10. The third-order valence-electron chi connectivity index (χ3n) is 3.35. The van der Waals surface area contributed by atoms with Crippen molar-refractivity contribution in [3.63, 3.8) is 0 Å². The van der Waals surface area contributed by atoms with Crippen LogP contribution in [0.5, 0.6) is 5.75 Å². The largest absolute Gasteiger partial charge is 0.497 e. The predicted molar refractivity (Wildman–Crippen MR) is 88.3 cm³/mol. The molecular formula is C18H27NO2. The second kappa shape index (κ2) is 9.22. The van der Waals surface area contributed by atoms with Crippen LogP contribution in [0, 0.1) is 5.92 Å². The van der Waals surface area contributed by atoms with Crippen LogP contribution in [0.2, 0.25) is 0 Å². The normalized spacial score (nSPS) is 12.6. The third-order valence-corrected chi connectivity index (χ3v) is 3.35. The van der Waals surface area contributed by atoms with Crippen molar-refractivity contribution in [2.75, 3.05) is 7.11 Å². The number of nitrogens with one attached hydrogen (secondary N) is 1. The second-order valence-corrected chi connectivity index (χ2v) is 5.84. The van der Waals surface area contributed by atoms with Gasteiger partial charge >= 0.3 is 0 Å². The zero-order valence-electron chi connectivity index (χ0n) is 13.6. The van der Waals surface area contributed by atoms with Crippen LogP contribution >= 0.6 is 0 Å². The molecule has 1 N–H and O–H groups in total. The molecule has 0 aliphatic heterocycles. The average Bonchev–Trinajstić information content (AvgIpc) is 2.45. The van der Waals surface area contributed by atoms with Crippen molar-refractivity contribution in [2.24, 2.45) is 5.92 Å². The quantitative estimate of drug-likeness (QED) is 0.733. The van der Waals surface area contributed by atoms with Crippen molar-refractivity contribution in [3.05, 3.63) is 35.9 Å². The molecule has 0 aromatic heterocycles. The molecule has 21 heavy (non-hydrogen) atoms. The van der Waals surface area contributed by atoms with E-state index in [4.69, 9.17) is 4.74 Å². The standard InChI is InChI=1S/C18H27NO2/c1-14(2)6-5-7-15(3)19-18(20)13-10-16-8-11-17(21-4)12-9-16/h8-15H,5-7H2,1-4H3,(H,19,20). The molecule has 0 saturated carbocycles. The molecule has 1 aromatic rings. The Morgan fingerprint density at radius 3 is 2.43 bits per heavy atom. The van der Waals surface area contributed by atoms with Gasteiger partial charge in [0, 0.05) is 12.1 Å². The Morgan fingerprint density at radius 1 is 1.19 bits per heavy atom. The van der Waals surface area contributed by atoms with E-state index in [1.54, 1.807) is 13.2 Å². The van der Waals surface area contributed by atoms with E-state index in [0.717, 1.165) is 30.1 Å². The van der Waals surface area contributed by atoms with Crippen molar-refractivity contribution in [2.45, 2.75) is 46.1 Å². The summed E-state index contributed by atoms with van der Waals surface area (Å²) in [5.74, 6) is 1.50. The summed E-state index contributed by atoms with van der Waals surface area (Å²) in [6.07, 6.45) is 6.79. The number of benzene rings is 1. The Labute approximate surface area is 128 Å². The molecule has 0 aliphatic carbocycles. The predicted octanol–water partition coefficient (Wildman–Crippen LogP) is 4.04. The van der Waals surface area contributed by atoms with E-state index in [2.05, 4.69) is 26.1 Å². The number of carbonyl (C=O) groups excluding carboxylic acids is 1.